The van der Waals surface area contributed by atoms with E-state index in [1.807, 2.05) is 11.0 Å². The summed E-state index contributed by atoms with van der Waals surface area (Å²) < 4.78 is 12.8. The van der Waals surface area contributed by atoms with E-state index in [-0.39, 0.29) is 11.4 Å². The third-order valence-electron chi connectivity index (χ3n) is 3.17. The van der Waals surface area contributed by atoms with E-state index >= 15 is 0 Å². The standard InChI is InChI=1S/C15H16FN3O/c16-13-4-6-14(7-5-13)18-15(20)12(10-17)11-19-8-2-1-3-9-19/h4-7,11H,1-3,8-9H2,(H,18,20)/b12-11-. The Labute approximate surface area is 117 Å². The zero-order valence-corrected chi connectivity index (χ0v) is 11.1. The predicted molar refractivity (Wildman–Crippen MR) is 74.1 cm³/mol. The van der Waals surface area contributed by atoms with E-state index in [2.05, 4.69) is 5.32 Å². The maximum absolute atomic E-state index is 12.8. The number of carbonyl (C=O) groups is 1. The fourth-order valence-corrected chi connectivity index (χ4v) is 2.10. The minimum atomic E-state index is -0.468. The van der Waals surface area contributed by atoms with Crippen molar-refractivity contribution in [1.29, 1.82) is 5.26 Å². The van der Waals surface area contributed by atoms with Gasteiger partial charge in [-0.3, -0.25) is 4.79 Å². The number of nitrogens with zero attached hydrogens (tertiary/aromatic N) is 2. The van der Waals surface area contributed by atoms with Crippen LogP contribution in [-0.4, -0.2) is 23.9 Å². The van der Waals surface area contributed by atoms with Crippen LogP contribution in [0.15, 0.2) is 36.0 Å². The molecule has 1 N–H and O–H groups in total. The molecule has 1 fully saturated rings. The molecule has 0 atom stereocenters. The van der Waals surface area contributed by atoms with Crippen molar-refractivity contribution >= 4 is 11.6 Å². The molecular formula is C15H16FN3O. The number of nitrogens with one attached hydrogen (secondary N) is 1. The van der Waals surface area contributed by atoms with E-state index < -0.39 is 5.91 Å². The van der Waals surface area contributed by atoms with E-state index in [4.69, 9.17) is 5.26 Å². The third-order valence-corrected chi connectivity index (χ3v) is 3.17. The molecule has 0 aliphatic carbocycles. The minimum absolute atomic E-state index is 0.0659. The molecule has 5 heteroatoms. The van der Waals surface area contributed by atoms with Crippen LogP contribution in [0.2, 0.25) is 0 Å². The summed E-state index contributed by atoms with van der Waals surface area (Å²) in [5, 5.41) is 11.7. The molecule has 0 unspecified atom stereocenters. The summed E-state index contributed by atoms with van der Waals surface area (Å²) in [5.41, 5.74) is 0.535. The van der Waals surface area contributed by atoms with Crippen LogP contribution < -0.4 is 5.32 Å². The van der Waals surface area contributed by atoms with E-state index in [0.717, 1.165) is 25.9 Å². The molecule has 2 rings (SSSR count). The van der Waals surface area contributed by atoms with Crippen LogP contribution >= 0.6 is 0 Å². The molecule has 4 nitrogen and oxygen atoms in total. The van der Waals surface area contributed by atoms with Gasteiger partial charge in [-0.2, -0.15) is 5.26 Å². The van der Waals surface area contributed by atoms with Gasteiger partial charge in [0.05, 0.1) is 0 Å². The molecule has 0 spiro atoms. The van der Waals surface area contributed by atoms with Gasteiger partial charge in [0.1, 0.15) is 17.5 Å². The van der Waals surface area contributed by atoms with Crippen LogP contribution in [0.4, 0.5) is 10.1 Å². The van der Waals surface area contributed by atoms with Crippen molar-refractivity contribution in [2.24, 2.45) is 0 Å². The minimum Gasteiger partial charge on any atom is -0.376 e. The molecule has 1 saturated heterocycles. The van der Waals surface area contributed by atoms with Gasteiger partial charge in [0.2, 0.25) is 0 Å². The maximum atomic E-state index is 12.8. The Morgan fingerprint density at radius 2 is 1.90 bits per heavy atom. The van der Waals surface area contributed by atoms with Gasteiger partial charge in [-0.25, -0.2) is 4.39 Å². The lowest BCUT2D eigenvalue weighted by Gasteiger charge is -2.25. The summed E-state index contributed by atoms with van der Waals surface area (Å²) in [6.45, 7) is 1.74. The summed E-state index contributed by atoms with van der Waals surface area (Å²) in [6.07, 6.45) is 4.95. The van der Waals surface area contributed by atoms with Crippen molar-refractivity contribution < 1.29 is 9.18 Å². The van der Waals surface area contributed by atoms with Gasteiger partial charge in [-0.15, -0.1) is 0 Å². The molecule has 1 aromatic rings. The number of benzene rings is 1. The SMILES string of the molecule is N#C/C(=C/N1CCCCC1)C(=O)Nc1ccc(F)cc1. The first-order chi connectivity index (χ1) is 9.69. The van der Waals surface area contributed by atoms with Crippen LogP contribution in [0.1, 0.15) is 19.3 Å². The molecule has 0 saturated carbocycles. The van der Waals surface area contributed by atoms with Crippen molar-refractivity contribution in [2.45, 2.75) is 19.3 Å². The average Bonchev–Trinajstić information content (AvgIpc) is 2.48. The zero-order valence-electron chi connectivity index (χ0n) is 11.1. The highest BCUT2D eigenvalue weighted by atomic mass is 19.1. The Hall–Kier alpha value is -2.35. The molecular weight excluding hydrogens is 257 g/mol. The second-order valence-corrected chi connectivity index (χ2v) is 4.71. The number of piperidine rings is 1. The fourth-order valence-electron chi connectivity index (χ4n) is 2.10. The van der Waals surface area contributed by atoms with Gasteiger partial charge in [0.15, 0.2) is 0 Å². The third kappa shape index (κ3) is 3.82. The highest BCUT2D eigenvalue weighted by molar-refractivity contribution is 6.06. The van der Waals surface area contributed by atoms with Crippen LogP contribution in [0.3, 0.4) is 0 Å². The highest BCUT2D eigenvalue weighted by Crippen LogP contribution is 2.13. The summed E-state index contributed by atoms with van der Waals surface area (Å²) in [5.74, 6) is -0.836. The summed E-state index contributed by atoms with van der Waals surface area (Å²) in [7, 11) is 0. The average molecular weight is 273 g/mol. The molecule has 1 aliphatic rings. The van der Waals surface area contributed by atoms with Crippen LogP contribution in [-0.2, 0) is 4.79 Å². The topological polar surface area (TPSA) is 56.1 Å². The van der Waals surface area contributed by atoms with Crippen LogP contribution in [0.25, 0.3) is 0 Å². The molecule has 1 aromatic carbocycles. The van der Waals surface area contributed by atoms with Gasteiger partial charge in [-0.05, 0) is 43.5 Å². The van der Waals surface area contributed by atoms with Gasteiger partial charge in [0, 0.05) is 25.0 Å². The number of hydrogen-bond donors (Lipinski definition) is 1. The molecule has 0 radical (unpaired) electrons. The molecule has 0 bridgehead atoms. The lowest BCUT2D eigenvalue weighted by atomic mass is 10.1. The smallest absolute Gasteiger partial charge is 0.267 e. The van der Waals surface area contributed by atoms with E-state index in [0.29, 0.717) is 5.69 Å². The monoisotopic (exact) mass is 273 g/mol. The normalized spacial score (nSPS) is 15.6. The number of nitriles is 1. The second kappa shape index (κ2) is 6.71. The van der Waals surface area contributed by atoms with Crippen molar-refractivity contribution in [3.8, 4) is 6.07 Å². The Kier molecular flexibility index (Phi) is 4.72. The van der Waals surface area contributed by atoms with E-state index in [1.165, 1.54) is 30.7 Å². The lowest BCUT2D eigenvalue weighted by Crippen LogP contribution is -2.26. The number of anilines is 1. The quantitative estimate of drug-likeness (QED) is 0.680. The zero-order chi connectivity index (χ0) is 14.4. The summed E-state index contributed by atoms with van der Waals surface area (Å²) in [6, 6.07) is 7.36. The number of rotatable bonds is 3. The number of halogens is 1. The first-order valence-electron chi connectivity index (χ1n) is 6.62. The number of amides is 1. The fraction of sp³-hybridized carbons (Fsp3) is 0.333. The first-order valence-corrected chi connectivity index (χ1v) is 6.62. The molecule has 1 aliphatic heterocycles. The van der Waals surface area contributed by atoms with Gasteiger partial charge in [0.25, 0.3) is 5.91 Å². The second-order valence-electron chi connectivity index (χ2n) is 4.71. The van der Waals surface area contributed by atoms with Crippen molar-refractivity contribution in [3.63, 3.8) is 0 Å². The molecule has 20 heavy (non-hydrogen) atoms. The van der Waals surface area contributed by atoms with Crippen molar-refractivity contribution in [1.82, 2.24) is 4.90 Å². The van der Waals surface area contributed by atoms with Crippen molar-refractivity contribution in [3.05, 3.63) is 41.9 Å². The number of likely N-dealkylation sites (tertiary alicyclic amines) is 1. The Morgan fingerprint density at radius 1 is 1.25 bits per heavy atom. The lowest BCUT2D eigenvalue weighted by molar-refractivity contribution is -0.112. The summed E-state index contributed by atoms with van der Waals surface area (Å²) >= 11 is 0. The van der Waals surface area contributed by atoms with Crippen LogP contribution in [0.5, 0.6) is 0 Å². The number of hydrogen-bond acceptors (Lipinski definition) is 3. The molecule has 0 aromatic heterocycles. The number of carbonyl (C=O) groups excluding carboxylic acids is 1. The van der Waals surface area contributed by atoms with E-state index in [1.54, 1.807) is 6.20 Å². The molecule has 104 valence electrons. The molecule has 1 heterocycles. The first kappa shape index (κ1) is 14.1. The molecule has 1 amide bonds. The van der Waals surface area contributed by atoms with Crippen LogP contribution in [0, 0.1) is 17.1 Å². The highest BCUT2D eigenvalue weighted by Gasteiger charge is 2.13. The van der Waals surface area contributed by atoms with Gasteiger partial charge in [-0.1, -0.05) is 0 Å². The van der Waals surface area contributed by atoms with Gasteiger partial charge < -0.3 is 10.2 Å². The maximum Gasteiger partial charge on any atom is 0.267 e. The Balaban J connectivity index is 2.03. The Bertz CT molecular complexity index is 539. The van der Waals surface area contributed by atoms with Gasteiger partial charge >= 0.3 is 0 Å². The summed E-state index contributed by atoms with van der Waals surface area (Å²) in [4.78, 5) is 14.0. The largest absolute Gasteiger partial charge is 0.376 e. The predicted octanol–water partition coefficient (Wildman–Crippen LogP) is 2.66. The Morgan fingerprint density at radius 3 is 2.50 bits per heavy atom. The van der Waals surface area contributed by atoms with E-state index in [9.17, 15) is 9.18 Å². The van der Waals surface area contributed by atoms with Crippen molar-refractivity contribution in [2.75, 3.05) is 18.4 Å².